The fourth-order valence-electron chi connectivity index (χ4n) is 4.60. The fourth-order valence-corrected chi connectivity index (χ4v) is 6.94. The van der Waals surface area contributed by atoms with Crippen LogP contribution in [0.1, 0.15) is 34.7 Å². The molecule has 2 aliphatic rings. The monoisotopic (exact) mass is 483 g/mol. The number of benzene rings is 1. The molecule has 3 aromatic rings. The SMILES string of the molecule is Cc1noc(/C=C/c2cccs2)c1S(=O)(=O)N1CCC(C(=O)N2CCc3ccccc32)CC1. The maximum atomic E-state index is 13.4. The zero-order chi connectivity index (χ0) is 23.0. The van der Waals surface area contributed by atoms with E-state index < -0.39 is 10.0 Å². The van der Waals surface area contributed by atoms with Crippen LogP contribution in [0.2, 0.25) is 0 Å². The normalized spacial score (nSPS) is 17.7. The summed E-state index contributed by atoms with van der Waals surface area (Å²) in [4.78, 5) is 16.1. The Kier molecular flexibility index (Phi) is 5.94. The third-order valence-electron chi connectivity index (χ3n) is 6.33. The molecule has 9 heteroatoms. The predicted octanol–water partition coefficient (Wildman–Crippen LogP) is 4.20. The molecule has 4 heterocycles. The second kappa shape index (κ2) is 8.89. The van der Waals surface area contributed by atoms with Gasteiger partial charge in [0.25, 0.3) is 0 Å². The Labute approximate surface area is 197 Å². The second-order valence-electron chi connectivity index (χ2n) is 8.36. The van der Waals surface area contributed by atoms with Crippen molar-refractivity contribution in [3.8, 4) is 0 Å². The molecule has 1 aromatic carbocycles. The van der Waals surface area contributed by atoms with Crippen molar-refractivity contribution in [1.29, 1.82) is 0 Å². The molecular formula is C24H25N3O4S2. The van der Waals surface area contributed by atoms with E-state index >= 15 is 0 Å². The molecule has 0 saturated carbocycles. The van der Waals surface area contributed by atoms with Gasteiger partial charge >= 0.3 is 0 Å². The lowest BCUT2D eigenvalue weighted by Gasteiger charge is -2.32. The highest BCUT2D eigenvalue weighted by Crippen LogP contribution is 2.33. The molecule has 0 N–H and O–H groups in total. The Morgan fingerprint density at radius 1 is 1.12 bits per heavy atom. The molecule has 0 unspecified atom stereocenters. The minimum atomic E-state index is -3.78. The summed E-state index contributed by atoms with van der Waals surface area (Å²) in [7, 11) is -3.78. The lowest BCUT2D eigenvalue weighted by molar-refractivity contribution is -0.123. The van der Waals surface area contributed by atoms with Crippen molar-refractivity contribution in [3.63, 3.8) is 0 Å². The largest absolute Gasteiger partial charge is 0.355 e. The van der Waals surface area contributed by atoms with Gasteiger partial charge in [0.15, 0.2) is 10.7 Å². The molecule has 1 amide bonds. The Morgan fingerprint density at radius 2 is 1.91 bits per heavy atom. The van der Waals surface area contributed by atoms with Crippen molar-refractivity contribution >= 4 is 45.1 Å². The van der Waals surface area contributed by atoms with Crippen molar-refractivity contribution in [1.82, 2.24) is 9.46 Å². The number of nitrogens with zero attached hydrogens (tertiary/aromatic N) is 3. The van der Waals surface area contributed by atoms with Crippen LogP contribution >= 0.6 is 11.3 Å². The quantitative estimate of drug-likeness (QED) is 0.543. The summed E-state index contributed by atoms with van der Waals surface area (Å²) >= 11 is 1.55. The predicted molar refractivity (Wildman–Crippen MR) is 128 cm³/mol. The summed E-state index contributed by atoms with van der Waals surface area (Å²) in [5.74, 6) is 0.148. The molecule has 2 aliphatic heterocycles. The molecule has 33 heavy (non-hydrogen) atoms. The van der Waals surface area contributed by atoms with Crippen molar-refractivity contribution in [2.45, 2.75) is 31.1 Å². The standard InChI is InChI=1S/C24H25N3O4S2/c1-17-23(22(31-25-17)9-8-20-6-4-16-32-20)33(29,30)26-13-10-19(11-14-26)24(28)27-15-12-18-5-2-3-7-21(18)27/h2-9,16,19H,10-15H2,1H3/b9-8+. The number of piperidine rings is 1. The summed E-state index contributed by atoms with van der Waals surface area (Å²) in [6, 6.07) is 11.9. The highest BCUT2D eigenvalue weighted by Gasteiger charge is 2.38. The third kappa shape index (κ3) is 4.16. The second-order valence-corrected chi connectivity index (χ2v) is 11.2. The summed E-state index contributed by atoms with van der Waals surface area (Å²) in [5, 5.41) is 5.86. The van der Waals surface area contributed by atoms with Crippen LogP contribution in [-0.2, 0) is 21.2 Å². The first-order chi connectivity index (χ1) is 15.9. The molecule has 0 radical (unpaired) electrons. The minimum absolute atomic E-state index is 0.0951. The zero-order valence-electron chi connectivity index (χ0n) is 18.3. The number of thiophene rings is 1. The van der Waals surface area contributed by atoms with Crippen LogP contribution in [0.5, 0.6) is 0 Å². The van der Waals surface area contributed by atoms with E-state index in [1.54, 1.807) is 24.3 Å². The average Bonchev–Trinajstić information content (AvgIpc) is 3.57. The first-order valence-corrected chi connectivity index (χ1v) is 13.3. The summed E-state index contributed by atoms with van der Waals surface area (Å²) < 4.78 is 33.7. The summed E-state index contributed by atoms with van der Waals surface area (Å²) in [6.45, 7) is 2.93. The van der Waals surface area contributed by atoms with Gasteiger partial charge in [0.05, 0.1) is 0 Å². The first kappa shape index (κ1) is 22.1. The summed E-state index contributed by atoms with van der Waals surface area (Å²) in [5.41, 5.74) is 2.52. The van der Waals surface area contributed by atoms with Gasteiger partial charge in [-0.05, 0) is 61.4 Å². The molecule has 7 nitrogen and oxygen atoms in total. The van der Waals surface area contributed by atoms with Gasteiger partial charge in [-0.2, -0.15) is 4.31 Å². The summed E-state index contributed by atoms with van der Waals surface area (Å²) in [6.07, 6.45) is 5.34. The number of fused-ring (bicyclic) bond motifs is 1. The van der Waals surface area contributed by atoms with Crippen LogP contribution < -0.4 is 4.90 Å². The molecule has 1 fully saturated rings. The number of anilines is 1. The average molecular weight is 484 g/mol. The van der Waals surface area contributed by atoms with Gasteiger partial charge in [-0.25, -0.2) is 8.42 Å². The van der Waals surface area contributed by atoms with Crippen molar-refractivity contribution in [3.05, 3.63) is 63.7 Å². The Morgan fingerprint density at radius 3 is 2.67 bits per heavy atom. The molecular weight excluding hydrogens is 458 g/mol. The minimum Gasteiger partial charge on any atom is -0.355 e. The number of rotatable bonds is 5. The smallest absolute Gasteiger partial charge is 0.248 e. The Balaban J connectivity index is 1.30. The third-order valence-corrected chi connectivity index (χ3v) is 9.22. The highest BCUT2D eigenvalue weighted by molar-refractivity contribution is 7.89. The number of hydrogen-bond donors (Lipinski definition) is 0. The molecule has 0 bridgehead atoms. The van der Waals surface area contributed by atoms with Gasteiger partial charge in [-0.3, -0.25) is 4.79 Å². The van der Waals surface area contributed by atoms with E-state index in [-0.39, 0.29) is 22.5 Å². The number of aryl methyl sites for hydroxylation is 1. The van der Waals surface area contributed by atoms with E-state index in [1.165, 1.54) is 9.87 Å². The van der Waals surface area contributed by atoms with Gasteiger partial charge in [0, 0.05) is 36.1 Å². The topological polar surface area (TPSA) is 83.7 Å². The van der Waals surface area contributed by atoms with Gasteiger partial charge in [0.1, 0.15) is 5.69 Å². The number of carbonyl (C=O) groups excluding carboxylic acids is 1. The molecule has 172 valence electrons. The lowest BCUT2D eigenvalue weighted by atomic mass is 9.96. The molecule has 1 saturated heterocycles. The molecule has 2 aromatic heterocycles. The maximum absolute atomic E-state index is 13.4. The van der Waals surface area contributed by atoms with Gasteiger partial charge in [0.2, 0.25) is 15.9 Å². The van der Waals surface area contributed by atoms with E-state index in [0.717, 1.165) is 17.0 Å². The van der Waals surface area contributed by atoms with Crippen molar-refractivity contribution in [2.75, 3.05) is 24.5 Å². The van der Waals surface area contributed by atoms with Gasteiger partial charge < -0.3 is 9.42 Å². The lowest BCUT2D eigenvalue weighted by Crippen LogP contribution is -2.44. The van der Waals surface area contributed by atoms with E-state index in [9.17, 15) is 13.2 Å². The van der Waals surface area contributed by atoms with Crippen LogP contribution in [0.4, 0.5) is 5.69 Å². The van der Waals surface area contributed by atoms with Crippen LogP contribution in [0.15, 0.2) is 51.2 Å². The van der Waals surface area contributed by atoms with E-state index in [0.29, 0.717) is 38.2 Å². The van der Waals surface area contributed by atoms with Crippen molar-refractivity contribution < 1.29 is 17.7 Å². The number of hydrogen-bond acceptors (Lipinski definition) is 6. The van der Waals surface area contributed by atoms with E-state index in [4.69, 9.17) is 4.52 Å². The first-order valence-electron chi connectivity index (χ1n) is 11.0. The van der Waals surface area contributed by atoms with Crippen LogP contribution in [-0.4, -0.2) is 43.4 Å². The van der Waals surface area contributed by atoms with Crippen LogP contribution in [0.3, 0.4) is 0 Å². The van der Waals surface area contributed by atoms with E-state index in [2.05, 4.69) is 11.2 Å². The highest BCUT2D eigenvalue weighted by atomic mass is 32.2. The van der Waals surface area contributed by atoms with Gasteiger partial charge in [-0.15, -0.1) is 11.3 Å². The number of sulfonamides is 1. The van der Waals surface area contributed by atoms with E-state index in [1.807, 2.05) is 46.7 Å². The number of para-hydroxylation sites is 1. The van der Waals surface area contributed by atoms with Crippen LogP contribution in [0.25, 0.3) is 12.2 Å². The zero-order valence-corrected chi connectivity index (χ0v) is 19.9. The molecule has 0 atom stereocenters. The molecule has 0 aliphatic carbocycles. The number of aromatic nitrogens is 1. The Hall–Kier alpha value is -2.75. The van der Waals surface area contributed by atoms with Crippen LogP contribution in [0, 0.1) is 12.8 Å². The fraction of sp³-hybridized carbons (Fsp3) is 0.333. The molecule has 0 spiro atoms. The van der Waals surface area contributed by atoms with Gasteiger partial charge in [-0.1, -0.05) is 29.4 Å². The maximum Gasteiger partial charge on any atom is 0.248 e. The number of carbonyl (C=O) groups is 1. The Bertz CT molecular complexity index is 1290. The molecule has 5 rings (SSSR count). The number of amides is 1. The van der Waals surface area contributed by atoms with Crippen molar-refractivity contribution in [2.24, 2.45) is 5.92 Å².